The Balaban J connectivity index is 1.68. The normalized spacial score (nSPS) is 10.8. The van der Waals surface area contributed by atoms with E-state index in [2.05, 4.69) is 10.4 Å². The van der Waals surface area contributed by atoms with E-state index >= 15 is 0 Å². The Morgan fingerprint density at radius 3 is 2.59 bits per heavy atom. The third-order valence-electron chi connectivity index (χ3n) is 3.79. The summed E-state index contributed by atoms with van der Waals surface area (Å²) in [6.45, 7) is 0. The van der Waals surface area contributed by atoms with Gasteiger partial charge in [0, 0.05) is 24.2 Å². The molecule has 0 atom stereocenters. The Bertz CT molecular complexity index is 951. The van der Waals surface area contributed by atoms with Crippen molar-refractivity contribution in [2.75, 3.05) is 19.5 Å². The number of carbonyl (C=O) groups is 1. The zero-order valence-electron chi connectivity index (χ0n) is 14.8. The quantitative estimate of drug-likeness (QED) is 0.648. The van der Waals surface area contributed by atoms with E-state index in [1.807, 2.05) is 36.5 Å². The van der Waals surface area contributed by atoms with Gasteiger partial charge < -0.3 is 14.8 Å². The highest BCUT2D eigenvalue weighted by Crippen LogP contribution is 2.36. The molecule has 27 heavy (non-hydrogen) atoms. The number of benzene rings is 2. The highest BCUT2D eigenvalue weighted by atomic mass is 35.5. The first-order valence-electron chi connectivity index (χ1n) is 8.11. The van der Waals surface area contributed by atoms with Crippen LogP contribution in [0.15, 0.2) is 60.9 Å². The molecule has 1 amide bonds. The van der Waals surface area contributed by atoms with Gasteiger partial charge in [-0.05, 0) is 54.1 Å². The number of rotatable bonds is 6. The topological polar surface area (TPSA) is 65.4 Å². The van der Waals surface area contributed by atoms with E-state index < -0.39 is 0 Å². The first-order valence-corrected chi connectivity index (χ1v) is 8.49. The number of hydrogen-bond acceptors (Lipinski definition) is 4. The average molecular weight is 384 g/mol. The molecule has 3 aromatic rings. The Hall–Kier alpha value is -3.25. The minimum absolute atomic E-state index is 0.257. The summed E-state index contributed by atoms with van der Waals surface area (Å²) in [6, 6.07) is 12.7. The van der Waals surface area contributed by atoms with E-state index in [1.54, 1.807) is 29.1 Å². The molecule has 2 aromatic carbocycles. The number of anilines is 1. The van der Waals surface area contributed by atoms with E-state index in [1.165, 1.54) is 20.3 Å². The molecular weight excluding hydrogens is 366 g/mol. The van der Waals surface area contributed by atoms with Crippen LogP contribution in [0.5, 0.6) is 11.5 Å². The Morgan fingerprint density at radius 1 is 1.19 bits per heavy atom. The molecule has 0 aliphatic heterocycles. The molecule has 1 heterocycles. The summed E-state index contributed by atoms with van der Waals surface area (Å²) in [7, 11) is 3.05. The molecule has 0 spiro atoms. The molecule has 6 nitrogen and oxygen atoms in total. The fourth-order valence-corrected chi connectivity index (χ4v) is 2.81. The van der Waals surface area contributed by atoms with Crippen LogP contribution in [0.2, 0.25) is 5.02 Å². The van der Waals surface area contributed by atoms with Crippen LogP contribution in [0.25, 0.3) is 11.8 Å². The van der Waals surface area contributed by atoms with E-state index in [9.17, 15) is 4.79 Å². The number of hydrogen-bond donors (Lipinski definition) is 1. The van der Waals surface area contributed by atoms with E-state index in [4.69, 9.17) is 21.1 Å². The van der Waals surface area contributed by atoms with Crippen molar-refractivity contribution < 1.29 is 14.3 Å². The van der Waals surface area contributed by atoms with Crippen molar-refractivity contribution in [1.29, 1.82) is 0 Å². The van der Waals surface area contributed by atoms with Gasteiger partial charge in [0.2, 0.25) is 5.91 Å². The summed E-state index contributed by atoms with van der Waals surface area (Å²) in [5, 5.41) is 7.38. The molecule has 0 unspecified atom stereocenters. The van der Waals surface area contributed by atoms with Gasteiger partial charge in [-0.3, -0.25) is 4.79 Å². The molecule has 0 saturated carbocycles. The van der Waals surface area contributed by atoms with Crippen molar-refractivity contribution >= 4 is 29.3 Å². The number of carbonyl (C=O) groups excluding carboxylic acids is 1. The minimum atomic E-state index is -0.257. The van der Waals surface area contributed by atoms with Gasteiger partial charge in [0.1, 0.15) is 0 Å². The van der Waals surface area contributed by atoms with Crippen LogP contribution >= 0.6 is 11.6 Å². The standard InChI is InChI=1S/C20H18ClN3O3/c1-26-18-13-14(12-17(21)20(18)27-2)4-9-19(25)23-15-5-7-16(8-6-15)24-11-3-10-22-24/h3-13H,1-2H3,(H,23,25). The minimum Gasteiger partial charge on any atom is -0.493 e. The van der Waals surface area contributed by atoms with Crippen LogP contribution in [0.4, 0.5) is 5.69 Å². The maximum atomic E-state index is 12.2. The van der Waals surface area contributed by atoms with Crippen molar-refractivity contribution in [3.8, 4) is 17.2 Å². The molecule has 0 saturated heterocycles. The van der Waals surface area contributed by atoms with Gasteiger partial charge in [-0.2, -0.15) is 5.10 Å². The lowest BCUT2D eigenvalue weighted by Crippen LogP contribution is -2.07. The Labute approximate surface area is 162 Å². The van der Waals surface area contributed by atoms with Crippen molar-refractivity contribution in [3.63, 3.8) is 0 Å². The lowest BCUT2D eigenvalue weighted by molar-refractivity contribution is -0.111. The highest BCUT2D eigenvalue weighted by Gasteiger charge is 2.10. The number of aromatic nitrogens is 2. The summed E-state index contributed by atoms with van der Waals surface area (Å²) in [4.78, 5) is 12.2. The Kier molecular flexibility index (Phi) is 5.78. The molecule has 7 heteroatoms. The number of halogens is 1. The summed E-state index contributed by atoms with van der Waals surface area (Å²) in [5.41, 5.74) is 2.32. The van der Waals surface area contributed by atoms with Crippen LogP contribution in [-0.4, -0.2) is 29.9 Å². The third kappa shape index (κ3) is 4.48. The molecular formula is C20H18ClN3O3. The summed E-state index contributed by atoms with van der Waals surface area (Å²) < 4.78 is 12.2. The van der Waals surface area contributed by atoms with Crippen LogP contribution in [0.1, 0.15) is 5.56 Å². The molecule has 0 radical (unpaired) electrons. The second-order valence-electron chi connectivity index (χ2n) is 5.56. The van der Waals surface area contributed by atoms with E-state index in [0.717, 1.165) is 11.3 Å². The fraction of sp³-hybridized carbons (Fsp3) is 0.100. The second kappa shape index (κ2) is 8.42. The first-order chi connectivity index (χ1) is 13.1. The molecule has 0 fully saturated rings. The number of methoxy groups -OCH3 is 2. The number of nitrogens with one attached hydrogen (secondary N) is 1. The summed E-state index contributed by atoms with van der Waals surface area (Å²) >= 11 is 6.17. The van der Waals surface area contributed by atoms with E-state index in [-0.39, 0.29) is 5.91 Å². The molecule has 1 aromatic heterocycles. The first kappa shape index (κ1) is 18.5. The average Bonchev–Trinajstić information content (AvgIpc) is 3.21. The van der Waals surface area contributed by atoms with Crippen molar-refractivity contribution in [2.45, 2.75) is 0 Å². The van der Waals surface area contributed by atoms with Crippen LogP contribution in [0.3, 0.4) is 0 Å². The molecule has 1 N–H and O–H groups in total. The predicted molar refractivity (Wildman–Crippen MR) is 106 cm³/mol. The lowest BCUT2D eigenvalue weighted by Gasteiger charge is -2.10. The van der Waals surface area contributed by atoms with Crippen molar-refractivity contribution in [2.24, 2.45) is 0 Å². The third-order valence-corrected chi connectivity index (χ3v) is 4.07. The van der Waals surface area contributed by atoms with Crippen molar-refractivity contribution in [1.82, 2.24) is 9.78 Å². The maximum absolute atomic E-state index is 12.2. The van der Waals surface area contributed by atoms with Gasteiger partial charge in [-0.1, -0.05) is 11.6 Å². The number of nitrogens with zero attached hydrogens (tertiary/aromatic N) is 2. The maximum Gasteiger partial charge on any atom is 0.248 e. The zero-order chi connectivity index (χ0) is 19.2. The zero-order valence-corrected chi connectivity index (χ0v) is 15.6. The predicted octanol–water partition coefficient (Wildman–Crippen LogP) is 4.19. The molecule has 0 aliphatic carbocycles. The molecule has 0 aliphatic rings. The second-order valence-corrected chi connectivity index (χ2v) is 5.97. The van der Waals surface area contributed by atoms with Gasteiger partial charge in [-0.25, -0.2) is 4.68 Å². The number of ether oxygens (including phenoxy) is 2. The van der Waals surface area contributed by atoms with E-state index in [0.29, 0.717) is 22.2 Å². The summed E-state index contributed by atoms with van der Waals surface area (Å²) in [5.74, 6) is 0.699. The highest BCUT2D eigenvalue weighted by molar-refractivity contribution is 6.32. The lowest BCUT2D eigenvalue weighted by atomic mass is 10.2. The SMILES string of the molecule is COc1cc(C=CC(=O)Nc2ccc(-n3cccn3)cc2)cc(Cl)c1OC. The molecule has 3 rings (SSSR count). The van der Waals surface area contributed by atoms with Crippen LogP contribution in [-0.2, 0) is 4.79 Å². The molecule has 138 valence electrons. The largest absolute Gasteiger partial charge is 0.493 e. The molecule has 0 bridgehead atoms. The fourth-order valence-electron chi connectivity index (χ4n) is 2.51. The van der Waals surface area contributed by atoms with Crippen LogP contribution < -0.4 is 14.8 Å². The van der Waals surface area contributed by atoms with Crippen molar-refractivity contribution in [3.05, 3.63) is 71.5 Å². The summed E-state index contributed by atoms with van der Waals surface area (Å²) in [6.07, 6.45) is 6.64. The van der Waals surface area contributed by atoms with Gasteiger partial charge in [0.05, 0.1) is 24.9 Å². The van der Waals surface area contributed by atoms with Gasteiger partial charge in [0.15, 0.2) is 11.5 Å². The van der Waals surface area contributed by atoms with Gasteiger partial charge in [-0.15, -0.1) is 0 Å². The van der Waals surface area contributed by atoms with Gasteiger partial charge >= 0.3 is 0 Å². The van der Waals surface area contributed by atoms with Gasteiger partial charge in [0.25, 0.3) is 0 Å². The monoisotopic (exact) mass is 383 g/mol. The smallest absolute Gasteiger partial charge is 0.248 e. The Morgan fingerprint density at radius 2 is 1.96 bits per heavy atom. The number of amides is 1. The van der Waals surface area contributed by atoms with Crippen LogP contribution in [0, 0.1) is 0 Å².